The van der Waals surface area contributed by atoms with Crippen LogP contribution in [0.5, 0.6) is 5.75 Å². The molecule has 2 aromatic rings. The average Bonchev–Trinajstić information content (AvgIpc) is 2.76. The van der Waals surface area contributed by atoms with Crippen LogP contribution in [0, 0.1) is 0 Å². The smallest absolute Gasteiger partial charge is 0.413 e. The standard InChI is InChI=1S/C22H27N3O5/c1-29-21(26)19(23)14-15-6-10-18(11-7-15)30-13-3-5-17-9-8-16-4-2-12-25(22(27)28)20(16)24-17/h6-11,19H,2-5,12-14,23H2,1H3,(H,27,28)/t19-/m0/s1. The predicted molar refractivity (Wildman–Crippen MR) is 112 cm³/mol. The Bertz CT molecular complexity index is 885. The molecule has 1 aromatic carbocycles. The van der Waals surface area contributed by atoms with Crippen LogP contribution in [0.3, 0.4) is 0 Å². The van der Waals surface area contributed by atoms with Gasteiger partial charge in [-0.2, -0.15) is 0 Å². The summed E-state index contributed by atoms with van der Waals surface area (Å²) in [6.45, 7) is 1.00. The molecule has 1 atom stereocenters. The Balaban J connectivity index is 1.48. The van der Waals surface area contributed by atoms with Gasteiger partial charge in [0.25, 0.3) is 0 Å². The Labute approximate surface area is 175 Å². The summed E-state index contributed by atoms with van der Waals surface area (Å²) in [6, 6.07) is 10.7. The van der Waals surface area contributed by atoms with E-state index < -0.39 is 18.1 Å². The molecule has 0 spiro atoms. The Kier molecular flexibility index (Phi) is 7.24. The van der Waals surface area contributed by atoms with Crippen LogP contribution in [0.1, 0.15) is 29.7 Å². The van der Waals surface area contributed by atoms with Crippen molar-refractivity contribution in [2.45, 2.75) is 38.1 Å². The zero-order valence-corrected chi connectivity index (χ0v) is 17.0. The number of anilines is 1. The molecule has 0 unspecified atom stereocenters. The maximum absolute atomic E-state index is 11.4. The van der Waals surface area contributed by atoms with Gasteiger partial charge in [0.15, 0.2) is 0 Å². The first-order chi connectivity index (χ1) is 14.5. The molecule has 0 fully saturated rings. The van der Waals surface area contributed by atoms with E-state index in [9.17, 15) is 14.7 Å². The molecule has 0 bridgehead atoms. The lowest BCUT2D eigenvalue weighted by Gasteiger charge is -2.26. The van der Waals surface area contributed by atoms with Crippen molar-refractivity contribution in [2.24, 2.45) is 5.73 Å². The number of methoxy groups -OCH3 is 1. The first-order valence-electron chi connectivity index (χ1n) is 10.0. The van der Waals surface area contributed by atoms with Gasteiger partial charge in [-0.1, -0.05) is 18.2 Å². The number of ether oxygens (including phenoxy) is 2. The molecular weight excluding hydrogens is 386 g/mol. The quantitative estimate of drug-likeness (QED) is 0.505. The molecule has 8 nitrogen and oxygen atoms in total. The van der Waals surface area contributed by atoms with Gasteiger partial charge in [-0.3, -0.25) is 9.69 Å². The number of rotatable bonds is 8. The lowest BCUT2D eigenvalue weighted by atomic mass is 10.0. The zero-order chi connectivity index (χ0) is 21.5. The topological polar surface area (TPSA) is 115 Å². The largest absolute Gasteiger partial charge is 0.494 e. The van der Waals surface area contributed by atoms with Crippen LogP contribution in [-0.4, -0.2) is 48.5 Å². The van der Waals surface area contributed by atoms with E-state index in [1.807, 2.05) is 36.4 Å². The van der Waals surface area contributed by atoms with Crippen molar-refractivity contribution in [1.82, 2.24) is 4.98 Å². The lowest BCUT2D eigenvalue weighted by molar-refractivity contribution is -0.142. The van der Waals surface area contributed by atoms with Crippen LogP contribution in [-0.2, 0) is 28.8 Å². The number of esters is 1. The summed E-state index contributed by atoms with van der Waals surface area (Å²) in [5.74, 6) is 0.867. The van der Waals surface area contributed by atoms with Gasteiger partial charge in [0.2, 0.25) is 0 Å². The summed E-state index contributed by atoms with van der Waals surface area (Å²) < 4.78 is 10.4. The van der Waals surface area contributed by atoms with Crippen molar-refractivity contribution in [1.29, 1.82) is 0 Å². The number of aromatic nitrogens is 1. The SMILES string of the molecule is COC(=O)[C@@H](N)Cc1ccc(OCCCc2ccc3c(n2)N(C(=O)O)CCC3)cc1. The number of hydrogen-bond donors (Lipinski definition) is 2. The Morgan fingerprint density at radius 2 is 2.00 bits per heavy atom. The maximum Gasteiger partial charge on any atom is 0.413 e. The molecule has 1 amide bonds. The van der Waals surface area contributed by atoms with Crippen LogP contribution in [0.4, 0.5) is 10.6 Å². The van der Waals surface area contributed by atoms with Gasteiger partial charge in [-0.05, 0) is 61.4 Å². The van der Waals surface area contributed by atoms with Crippen LogP contribution < -0.4 is 15.4 Å². The number of nitrogens with zero attached hydrogens (tertiary/aromatic N) is 2. The molecule has 1 aliphatic rings. The van der Waals surface area contributed by atoms with Gasteiger partial charge < -0.3 is 20.3 Å². The molecule has 0 aliphatic carbocycles. The lowest BCUT2D eigenvalue weighted by Crippen LogP contribution is -2.35. The molecule has 1 aromatic heterocycles. The van der Waals surface area contributed by atoms with Crippen LogP contribution in [0.15, 0.2) is 36.4 Å². The van der Waals surface area contributed by atoms with Crippen molar-refractivity contribution in [2.75, 3.05) is 25.2 Å². The average molecular weight is 413 g/mol. The highest BCUT2D eigenvalue weighted by Crippen LogP contribution is 2.25. The third-order valence-corrected chi connectivity index (χ3v) is 5.06. The maximum atomic E-state index is 11.4. The fourth-order valence-electron chi connectivity index (χ4n) is 3.46. The monoisotopic (exact) mass is 413 g/mol. The fraction of sp³-hybridized carbons (Fsp3) is 0.409. The highest BCUT2D eigenvalue weighted by molar-refractivity contribution is 5.86. The van der Waals surface area contributed by atoms with E-state index in [-0.39, 0.29) is 0 Å². The highest BCUT2D eigenvalue weighted by Gasteiger charge is 2.23. The van der Waals surface area contributed by atoms with Crippen LogP contribution in [0.25, 0.3) is 0 Å². The molecule has 0 saturated heterocycles. The van der Waals surface area contributed by atoms with E-state index in [4.69, 9.17) is 10.5 Å². The molecule has 2 heterocycles. The molecular formula is C22H27N3O5. The third-order valence-electron chi connectivity index (χ3n) is 5.06. The molecule has 30 heavy (non-hydrogen) atoms. The highest BCUT2D eigenvalue weighted by atomic mass is 16.5. The molecule has 8 heteroatoms. The van der Waals surface area contributed by atoms with Crippen molar-refractivity contribution in [3.05, 3.63) is 53.2 Å². The number of carbonyl (C=O) groups is 2. The van der Waals surface area contributed by atoms with Gasteiger partial charge in [-0.25, -0.2) is 9.78 Å². The van der Waals surface area contributed by atoms with Crippen molar-refractivity contribution >= 4 is 17.9 Å². The van der Waals surface area contributed by atoms with E-state index in [0.717, 1.165) is 41.8 Å². The van der Waals surface area contributed by atoms with E-state index in [0.29, 0.717) is 31.8 Å². The normalized spacial score (nSPS) is 14.0. The second-order valence-electron chi connectivity index (χ2n) is 7.25. The van der Waals surface area contributed by atoms with Crippen LogP contribution >= 0.6 is 0 Å². The molecule has 160 valence electrons. The van der Waals surface area contributed by atoms with E-state index in [2.05, 4.69) is 9.72 Å². The summed E-state index contributed by atoms with van der Waals surface area (Å²) in [4.78, 5) is 28.7. The van der Waals surface area contributed by atoms with Crippen molar-refractivity contribution in [3.63, 3.8) is 0 Å². The number of fused-ring (bicyclic) bond motifs is 1. The van der Waals surface area contributed by atoms with Crippen LogP contribution in [0.2, 0.25) is 0 Å². The molecule has 0 radical (unpaired) electrons. The van der Waals surface area contributed by atoms with Gasteiger partial charge in [-0.15, -0.1) is 0 Å². The van der Waals surface area contributed by atoms with Gasteiger partial charge >= 0.3 is 12.1 Å². The summed E-state index contributed by atoms with van der Waals surface area (Å²) in [7, 11) is 1.32. The molecule has 3 N–H and O–H groups in total. The predicted octanol–water partition coefficient (Wildman–Crippen LogP) is 2.57. The number of aryl methyl sites for hydroxylation is 2. The summed E-state index contributed by atoms with van der Waals surface area (Å²) >= 11 is 0. The molecule has 3 rings (SSSR count). The van der Waals surface area contributed by atoms with Gasteiger partial charge in [0, 0.05) is 12.2 Å². The van der Waals surface area contributed by atoms with E-state index in [1.165, 1.54) is 12.0 Å². The number of pyridine rings is 1. The number of benzene rings is 1. The summed E-state index contributed by atoms with van der Waals surface area (Å²) in [5, 5.41) is 9.36. The van der Waals surface area contributed by atoms with Gasteiger partial charge in [0.05, 0.1) is 13.7 Å². The third kappa shape index (κ3) is 5.48. The Morgan fingerprint density at radius 1 is 1.23 bits per heavy atom. The summed E-state index contributed by atoms with van der Waals surface area (Å²) in [5.41, 5.74) is 8.54. The van der Waals surface area contributed by atoms with Crippen molar-refractivity contribution in [3.8, 4) is 5.75 Å². The van der Waals surface area contributed by atoms with Gasteiger partial charge in [0.1, 0.15) is 17.6 Å². The zero-order valence-electron chi connectivity index (χ0n) is 17.0. The second-order valence-corrected chi connectivity index (χ2v) is 7.25. The Morgan fingerprint density at radius 3 is 2.70 bits per heavy atom. The molecule has 1 aliphatic heterocycles. The first-order valence-corrected chi connectivity index (χ1v) is 10.0. The second kappa shape index (κ2) is 10.1. The minimum atomic E-state index is -0.958. The minimum absolute atomic E-state index is 0.407. The number of hydrogen-bond acceptors (Lipinski definition) is 6. The van der Waals surface area contributed by atoms with E-state index in [1.54, 1.807) is 0 Å². The van der Waals surface area contributed by atoms with Crippen molar-refractivity contribution < 1.29 is 24.2 Å². The number of amides is 1. The number of carbonyl (C=O) groups excluding carboxylic acids is 1. The summed E-state index contributed by atoms with van der Waals surface area (Å²) in [6.07, 6.45) is 2.59. The number of carboxylic acid groups (broad SMARTS) is 1. The first kappa shape index (κ1) is 21.6. The fourth-order valence-corrected chi connectivity index (χ4v) is 3.46. The Hall–Kier alpha value is -3.13. The van der Waals surface area contributed by atoms with E-state index >= 15 is 0 Å². The molecule has 0 saturated carbocycles. The minimum Gasteiger partial charge on any atom is -0.494 e. The number of nitrogens with two attached hydrogens (primary N) is 1.